The van der Waals surface area contributed by atoms with Gasteiger partial charge >= 0.3 is 0 Å². The van der Waals surface area contributed by atoms with E-state index in [2.05, 4.69) is 37.5 Å². The molecule has 0 aliphatic carbocycles. The first-order chi connectivity index (χ1) is 18.7. The molecule has 0 radical (unpaired) electrons. The molecule has 2 aromatic carbocycles. The van der Waals surface area contributed by atoms with Crippen molar-refractivity contribution in [3.63, 3.8) is 0 Å². The number of hydrogen-bond acceptors (Lipinski definition) is 4. The lowest BCUT2D eigenvalue weighted by Gasteiger charge is -2.42. The highest BCUT2D eigenvalue weighted by Gasteiger charge is 2.45. The SMILES string of the molecule is CCc1ccc(C(C)=O)c(CC)c1.CCc1ccc(S(=O)N2CCC(C(CC)(NC=O)C(=O)NC)CC2)cc1. The molecule has 0 bridgehead atoms. The van der Waals surface area contributed by atoms with Gasteiger partial charge in [0.15, 0.2) is 5.78 Å². The number of benzene rings is 2. The van der Waals surface area contributed by atoms with E-state index in [1.165, 1.54) is 16.7 Å². The van der Waals surface area contributed by atoms with Crippen molar-refractivity contribution in [2.45, 2.75) is 83.6 Å². The Labute approximate surface area is 236 Å². The quantitative estimate of drug-likeness (QED) is 0.312. The molecule has 2 N–H and O–H groups in total. The summed E-state index contributed by atoms with van der Waals surface area (Å²) in [6.07, 6.45) is 5.48. The molecule has 0 aromatic heterocycles. The number of rotatable bonds is 11. The lowest BCUT2D eigenvalue weighted by atomic mass is 9.75. The molecule has 1 aliphatic rings. The van der Waals surface area contributed by atoms with Crippen LogP contribution in [0.15, 0.2) is 47.4 Å². The van der Waals surface area contributed by atoms with Gasteiger partial charge < -0.3 is 10.6 Å². The summed E-state index contributed by atoms with van der Waals surface area (Å²) in [5.41, 5.74) is 3.68. The summed E-state index contributed by atoms with van der Waals surface area (Å²) in [5.74, 6) is 0.0229. The van der Waals surface area contributed by atoms with E-state index in [1.54, 1.807) is 14.0 Å². The van der Waals surface area contributed by atoms with E-state index < -0.39 is 16.5 Å². The van der Waals surface area contributed by atoms with Crippen LogP contribution in [0.4, 0.5) is 0 Å². The lowest BCUT2D eigenvalue weighted by molar-refractivity contribution is -0.133. The van der Waals surface area contributed by atoms with Gasteiger partial charge in [0, 0.05) is 25.7 Å². The molecular weight excluding hydrogens is 510 g/mol. The number of aryl methyl sites for hydroxylation is 3. The van der Waals surface area contributed by atoms with E-state index in [9.17, 15) is 18.6 Å². The number of Topliss-reactive ketones (excluding diaryl/α,β-unsaturated/α-hetero) is 1. The minimum absolute atomic E-state index is 0.0216. The lowest BCUT2D eigenvalue weighted by Crippen LogP contribution is -2.62. The van der Waals surface area contributed by atoms with E-state index >= 15 is 0 Å². The zero-order chi connectivity index (χ0) is 29.0. The third kappa shape index (κ3) is 8.08. The second-order valence-corrected chi connectivity index (χ2v) is 11.4. The van der Waals surface area contributed by atoms with Gasteiger partial charge in [-0.3, -0.25) is 14.4 Å². The van der Waals surface area contributed by atoms with Crippen molar-refractivity contribution in [1.29, 1.82) is 0 Å². The highest BCUT2D eigenvalue weighted by Crippen LogP contribution is 2.32. The molecule has 1 heterocycles. The Hall–Kier alpha value is -2.84. The van der Waals surface area contributed by atoms with Gasteiger partial charge in [-0.2, -0.15) is 0 Å². The fourth-order valence-electron chi connectivity index (χ4n) is 5.26. The molecule has 2 atom stereocenters. The molecule has 39 heavy (non-hydrogen) atoms. The number of carbonyl (C=O) groups excluding carboxylic acids is 3. The first kappa shape index (κ1) is 32.4. The van der Waals surface area contributed by atoms with Gasteiger partial charge in [0.05, 0.1) is 4.90 Å². The van der Waals surface area contributed by atoms with Crippen LogP contribution in [-0.4, -0.2) is 52.3 Å². The van der Waals surface area contributed by atoms with Crippen molar-refractivity contribution < 1.29 is 18.6 Å². The Morgan fingerprint density at radius 1 is 0.974 bits per heavy atom. The molecule has 2 amide bonds. The molecule has 2 aromatic rings. The van der Waals surface area contributed by atoms with Crippen molar-refractivity contribution >= 4 is 29.1 Å². The van der Waals surface area contributed by atoms with Crippen molar-refractivity contribution in [2.24, 2.45) is 5.92 Å². The van der Waals surface area contributed by atoms with Crippen LogP contribution in [0.2, 0.25) is 0 Å². The molecule has 1 fully saturated rings. The van der Waals surface area contributed by atoms with Crippen LogP contribution in [0.5, 0.6) is 0 Å². The Morgan fingerprint density at radius 2 is 1.56 bits per heavy atom. The summed E-state index contributed by atoms with van der Waals surface area (Å²) >= 11 is 0. The Bertz CT molecular complexity index is 1130. The Balaban J connectivity index is 0.000000344. The zero-order valence-corrected chi connectivity index (χ0v) is 25.2. The summed E-state index contributed by atoms with van der Waals surface area (Å²) in [6, 6.07) is 14.0. The first-order valence-electron chi connectivity index (χ1n) is 14.0. The average Bonchev–Trinajstić information content (AvgIpc) is 2.99. The fourth-order valence-corrected chi connectivity index (χ4v) is 6.47. The number of likely N-dealkylation sites (N-methyl/N-ethyl adjacent to an activating group) is 1. The maximum atomic E-state index is 12.8. The van der Waals surface area contributed by atoms with Gasteiger partial charge in [0.25, 0.3) is 0 Å². The molecule has 2 unspecified atom stereocenters. The third-order valence-electron chi connectivity index (χ3n) is 7.76. The standard InChI is InChI=1S/C19H29N3O3S.C12H16O/c1-4-15-6-8-17(9-7-15)26(25)22-12-10-16(11-13-22)19(5-2,21-14-23)18(24)20-3;1-4-10-6-7-12(9(3)13)11(5-2)8-10/h6-9,14,16H,4-5,10-13H2,1-3H3,(H,20,24)(H,21,23);6-8H,4-5H2,1-3H3. The molecule has 3 rings (SSSR count). The van der Waals surface area contributed by atoms with Gasteiger partial charge in [0.1, 0.15) is 16.5 Å². The van der Waals surface area contributed by atoms with E-state index in [4.69, 9.17) is 0 Å². The van der Waals surface area contributed by atoms with Gasteiger partial charge in [-0.15, -0.1) is 0 Å². The number of nitrogens with one attached hydrogen (secondary N) is 2. The van der Waals surface area contributed by atoms with Crippen molar-refractivity contribution in [3.05, 3.63) is 64.7 Å². The van der Waals surface area contributed by atoms with E-state index in [0.717, 1.165) is 29.7 Å². The highest BCUT2D eigenvalue weighted by molar-refractivity contribution is 7.82. The molecule has 1 aliphatic heterocycles. The number of amides is 2. The van der Waals surface area contributed by atoms with Crippen molar-refractivity contribution in [1.82, 2.24) is 14.9 Å². The van der Waals surface area contributed by atoms with Crippen LogP contribution in [0.1, 0.15) is 80.9 Å². The van der Waals surface area contributed by atoms with Crippen LogP contribution in [-0.2, 0) is 39.8 Å². The van der Waals surface area contributed by atoms with Gasteiger partial charge in [-0.1, -0.05) is 58.0 Å². The molecule has 0 spiro atoms. The van der Waals surface area contributed by atoms with Crippen molar-refractivity contribution in [3.8, 4) is 0 Å². The van der Waals surface area contributed by atoms with Gasteiger partial charge in [0.2, 0.25) is 12.3 Å². The number of piperidine rings is 1. The van der Waals surface area contributed by atoms with Gasteiger partial charge in [-0.05, 0) is 80.2 Å². The molecular formula is C31H45N3O4S. The first-order valence-corrected chi connectivity index (χ1v) is 15.1. The third-order valence-corrected chi connectivity index (χ3v) is 9.27. The van der Waals surface area contributed by atoms with Crippen molar-refractivity contribution in [2.75, 3.05) is 20.1 Å². The van der Waals surface area contributed by atoms with E-state index in [0.29, 0.717) is 38.8 Å². The monoisotopic (exact) mass is 555 g/mol. The normalized spacial score (nSPS) is 16.3. The number of nitrogens with zero attached hydrogens (tertiary/aromatic N) is 1. The van der Waals surface area contributed by atoms with Crippen LogP contribution in [0, 0.1) is 5.92 Å². The minimum atomic E-state index is -1.20. The smallest absolute Gasteiger partial charge is 0.245 e. The summed E-state index contributed by atoms with van der Waals surface area (Å²) in [6.45, 7) is 11.1. The van der Waals surface area contributed by atoms with Crippen LogP contribution in [0.25, 0.3) is 0 Å². The fraction of sp³-hybridized carbons (Fsp3) is 0.516. The predicted octanol–water partition coefficient (Wildman–Crippen LogP) is 4.64. The Morgan fingerprint density at radius 3 is 2.03 bits per heavy atom. The molecule has 1 saturated heterocycles. The average molecular weight is 556 g/mol. The Kier molecular flexibility index (Phi) is 13.0. The maximum absolute atomic E-state index is 12.8. The summed E-state index contributed by atoms with van der Waals surface area (Å²) in [7, 11) is 0.390. The maximum Gasteiger partial charge on any atom is 0.245 e. The second kappa shape index (κ2) is 15.7. The molecule has 0 saturated carbocycles. The second-order valence-electron chi connectivity index (χ2n) is 9.87. The topological polar surface area (TPSA) is 95.6 Å². The number of hydrogen-bond donors (Lipinski definition) is 2. The van der Waals surface area contributed by atoms with E-state index in [-0.39, 0.29) is 17.6 Å². The zero-order valence-electron chi connectivity index (χ0n) is 24.3. The minimum Gasteiger partial charge on any atom is -0.357 e. The molecule has 8 heteroatoms. The molecule has 7 nitrogen and oxygen atoms in total. The highest BCUT2D eigenvalue weighted by atomic mass is 32.2. The van der Waals surface area contributed by atoms with Crippen LogP contribution >= 0.6 is 0 Å². The summed E-state index contributed by atoms with van der Waals surface area (Å²) in [4.78, 5) is 35.6. The van der Waals surface area contributed by atoms with Gasteiger partial charge in [-0.25, -0.2) is 8.51 Å². The largest absolute Gasteiger partial charge is 0.357 e. The summed E-state index contributed by atoms with van der Waals surface area (Å²) < 4.78 is 14.8. The predicted molar refractivity (Wildman–Crippen MR) is 158 cm³/mol. The molecule has 214 valence electrons. The van der Waals surface area contributed by atoms with Crippen LogP contribution < -0.4 is 10.6 Å². The van der Waals surface area contributed by atoms with Crippen LogP contribution in [0.3, 0.4) is 0 Å². The summed E-state index contributed by atoms with van der Waals surface area (Å²) in [5, 5.41) is 5.44. The van der Waals surface area contributed by atoms with E-state index in [1.807, 2.05) is 47.6 Å². The number of carbonyl (C=O) groups is 3. The number of ketones is 1.